The van der Waals surface area contributed by atoms with Gasteiger partial charge in [-0.3, -0.25) is 4.79 Å². The molecule has 0 saturated heterocycles. The molecule has 0 aliphatic rings. The van der Waals surface area contributed by atoms with Crippen LogP contribution in [0, 0.1) is 6.92 Å². The molecule has 1 heterocycles. The maximum Gasteiger partial charge on any atom is 0.258 e. The van der Waals surface area contributed by atoms with Gasteiger partial charge < -0.3 is 14.5 Å². The Labute approximate surface area is 106 Å². The first-order valence-electron chi connectivity index (χ1n) is 5.73. The van der Waals surface area contributed by atoms with E-state index in [0.717, 1.165) is 17.1 Å². The normalized spacial score (nSPS) is 10.1. The van der Waals surface area contributed by atoms with Crippen molar-refractivity contribution in [3.05, 3.63) is 54.0 Å². The van der Waals surface area contributed by atoms with Crippen LogP contribution in [0.4, 0.5) is 0 Å². The second kappa shape index (κ2) is 5.91. The molecule has 1 amide bonds. The van der Waals surface area contributed by atoms with Crippen molar-refractivity contribution in [2.45, 2.75) is 13.5 Å². The first-order chi connectivity index (χ1) is 8.75. The van der Waals surface area contributed by atoms with Crippen molar-refractivity contribution in [2.24, 2.45) is 0 Å². The average Bonchev–Trinajstić information content (AvgIpc) is 2.88. The molecule has 4 nitrogen and oxygen atoms in total. The monoisotopic (exact) mass is 245 g/mol. The van der Waals surface area contributed by atoms with Crippen molar-refractivity contribution >= 4 is 5.91 Å². The van der Waals surface area contributed by atoms with Gasteiger partial charge in [0.2, 0.25) is 0 Å². The molecule has 94 valence electrons. The fraction of sp³-hybridized carbons (Fsp3) is 0.214. The van der Waals surface area contributed by atoms with Crippen LogP contribution < -0.4 is 10.1 Å². The molecule has 2 rings (SSSR count). The summed E-state index contributed by atoms with van der Waals surface area (Å²) in [6.45, 7) is 2.32. The Balaban J connectivity index is 1.77. The van der Waals surface area contributed by atoms with Crippen LogP contribution in [0.15, 0.2) is 47.1 Å². The van der Waals surface area contributed by atoms with E-state index in [4.69, 9.17) is 9.15 Å². The number of carbonyl (C=O) groups excluding carboxylic acids is 1. The zero-order valence-electron chi connectivity index (χ0n) is 10.2. The number of rotatable bonds is 5. The van der Waals surface area contributed by atoms with Gasteiger partial charge in [-0.15, -0.1) is 0 Å². The van der Waals surface area contributed by atoms with Gasteiger partial charge in [-0.2, -0.15) is 0 Å². The largest absolute Gasteiger partial charge is 0.484 e. The lowest BCUT2D eigenvalue weighted by molar-refractivity contribution is -0.123. The molecule has 1 aromatic carbocycles. The van der Waals surface area contributed by atoms with E-state index in [2.05, 4.69) is 5.32 Å². The van der Waals surface area contributed by atoms with E-state index in [0.29, 0.717) is 6.54 Å². The zero-order valence-corrected chi connectivity index (χ0v) is 10.2. The summed E-state index contributed by atoms with van der Waals surface area (Å²) in [5, 5.41) is 2.72. The molecule has 2 aromatic rings. The van der Waals surface area contributed by atoms with Crippen LogP contribution in [-0.2, 0) is 11.3 Å². The number of carbonyl (C=O) groups is 1. The number of hydrogen-bond donors (Lipinski definition) is 1. The van der Waals surface area contributed by atoms with Gasteiger partial charge in [-0.05, 0) is 30.7 Å². The molecule has 0 aliphatic carbocycles. The fourth-order valence-corrected chi connectivity index (χ4v) is 1.51. The van der Waals surface area contributed by atoms with E-state index >= 15 is 0 Å². The Kier molecular flexibility index (Phi) is 4.02. The van der Waals surface area contributed by atoms with Crippen molar-refractivity contribution in [3.8, 4) is 5.75 Å². The van der Waals surface area contributed by atoms with Gasteiger partial charge in [0.25, 0.3) is 5.91 Å². The lowest BCUT2D eigenvalue weighted by Crippen LogP contribution is -2.28. The Morgan fingerprint density at radius 2 is 2.11 bits per heavy atom. The van der Waals surface area contributed by atoms with E-state index in [1.54, 1.807) is 12.3 Å². The molecular weight excluding hydrogens is 230 g/mol. The van der Waals surface area contributed by atoms with Crippen LogP contribution in [0.2, 0.25) is 0 Å². The molecule has 0 bridgehead atoms. The molecule has 4 heteroatoms. The van der Waals surface area contributed by atoms with Gasteiger partial charge >= 0.3 is 0 Å². The van der Waals surface area contributed by atoms with Crippen LogP contribution in [0.3, 0.4) is 0 Å². The molecule has 0 spiro atoms. The highest BCUT2D eigenvalue weighted by Gasteiger charge is 2.05. The number of furan rings is 1. The van der Waals surface area contributed by atoms with E-state index < -0.39 is 0 Å². The van der Waals surface area contributed by atoms with E-state index in [1.165, 1.54) is 0 Å². The molecule has 1 N–H and O–H groups in total. The van der Waals surface area contributed by atoms with Gasteiger partial charge in [0.15, 0.2) is 6.61 Å². The summed E-state index contributed by atoms with van der Waals surface area (Å²) in [5.41, 5.74) is 1.01. The smallest absolute Gasteiger partial charge is 0.258 e. The lowest BCUT2D eigenvalue weighted by atomic mass is 10.2. The molecule has 0 radical (unpaired) electrons. The highest BCUT2D eigenvalue weighted by molar-refractivity contribution is 5.77. The topological polar surface area (TPSA) is 51.5 Å². The Morgan fingerprint density at radius 3 is 2.83 bits per heavy atom. The molecule has 1 aromatic heterocycles. The molecule has 0 saturated carbocycles. The van der Waals surface area contributed by atoms with Crippen molar-refractivity contribution in [1.29, 1.82) is 0 Å². The molecule has 0 unspecified atom stereocenters. The van der Waals surface area contributed by atoms with E-state index in [-0.39, 0.29) is 12.5 Å². The molecule has 18 heavy (non-hydrogen) atoms. The van der Waals surface area contributed by atoms with Crippen LogP contribution >= 0.6 is 0 Å². The fourth-order valence-electron chi connectivity index (χ4n) is 1.51. The minimum atomic E-state index is -0.172. The first-order valence-corrected chi connectivity index (χ1v) is 5.73. The first kappa shape index (κ1) is 12.2. The molecule has 0 atom stereocenters. The van der Waals surface area contributed by atoms with Crippen molar-refractivity contribution < 1.29 is 13.9 Å². The molecular formula is C14H15NO3. The van der Waals surface area contributed by atoms with Gasteiger partial charge in [0.05, 0.1) is 12.8 Å². The number of amides is 1. The van der Waals surface area contributed by atoms with E-state index in [9.17, 15) is 4.79 Å². The Hall–Kier alpha value is -2.23. The number of nitrogens with one attached hydrogen (secondary N) is 1. The number of para-hydroxylation sites is 1. The second-order valence-electron chi connectivity index (χ2n) is 3.91. The van der Waals surface area contributed by atoms with Gasteiger partial charge in [-0.25, -0.2) is 0 Å². The minimum absolute atomic E-state index is 0.00552. The summed E-state index contributed by atoms with van der Waals surface area (Å²) in [6, 6.07) is 11.2. The summed E-state index contributed by atoms with van der Waals surface area (Å²) in [6.07, 6.45) is 1.57. The van der Waals surface area contributed by atoms with Crippen LogP contribution in [-0.4, -0.2) is 12.5 Å². The average molecular weight is 245 g/mol. The number of hydrogen-bond acceptors (Lipinski definition) is 3. The maximum absolute atomic E-state index is 11.5. The van der Waals surface area contributed by atoms with Crippen LogP contribution in [0.25, 0.3) is 0 Å². The summed E-state index contributed by atoms with van der Waals surface area (Å²) in [4.78, 5) is 11.5. The predicted octanol–water partition coefficient (Wildman–Crippen LogP) is 2.28. The Morgan fingerprint density at radius 1 is 1.28 bits per heavy atom. The minimum Gasteiger partial charge on any atom is -0.484 e. The van der Waals surface area contributed by atoms with E-state index in [1.807, 2.05) is 37.3 Å². The zero-order chi connectivity index (χ0) is 12.8. The third-order valence-electron chi connectivity index (χ3n) is 2.49. The standard InChI is InChI=1S/C14H15NO3/c1-11-5-2-3-7-13(11)18-10-14(16)15-9-12-6-4-8-17-12/h2-8H,9-10H2,1H3,(H,15,16). The summed E-state index contributed by atoms with van der Waals surface area (Å²) in [7, 11) is 0. The van der Waals surface area contributed by atoms with Crippen molar-refractivity contribution in [3.63, 3.8) is 0 Å². The van der Waals surface area contributed by atoms with Gasteiger partial charge in [0.1, 0.15) is 11.5 Å². The van der Waals surface area contributed by atoms with Crippen molar-refractivity contribution in [2.75, 3.05) is 6.61 Å². The molecule has 0 aliphatic heterocycles. The van der Waals surface area contributed by atoms with Crippen molar-refractivity contribution in [1.82, 2.24) is 5.32 Å². The van der Waals surface area contributed by atoms with Gasteiger partial charge in [0, 0.05) is 0 Å². The SMILES string of the molecule is Cc1ccccc1OCC(=O)NCc1ccco1. The predicted molar refractivity (Wildman–Crippen MR) is 67.2 cm³/mol. The highest BCUT2D eigenvalue weighted by Crippen LogP contribution is 2.15. The van der Waals surface area contributed by atoms with Crippen LogP contribution in [0.5, 0.6) is 5.75 Å². The summed E-state index contributed by atoms with van der Waals surface area (Å²) < 4.78 is 10.5. The number of ether oxygens (including phenoxy) is 1. The third kappa shape index (κ3) is 3.38. The highest BCUT2D eigenvalue weighted by atomic mass is 16.5. The molecule has 0 fully saturated rings. The summed E-state index contributed by atoms with van der Waals surface area (Å²) in [5.74, 6) is 1.28. The maximum atomic E-state index is 11.5. The quantitative estimate of drug-likeness (QED) is 0.879. The van der Waals surface area contributed by atoms with Crippen LogP contribution in [0.1, 0.15) is 11.3 Å². The number of benzene rings is 1. The second-order valence-corrected chi connectivity index (χ2v) is 3.91. The number of aryl methyl sites for hydroxylation is 1. The third-order valence-corrected chi connectivity index (χ3v) is 2.49. The van der Waals surface area contributed by atoms with Gasteiger partial charge in [-0.1, -0.05) is 18.2 Å². The lowest BCUT2D eigenvalue weighted by Gasteiger charge is -2.08. The Bertz CT molecular complexity index is 506. The summed E-state index contributed by atoms with van der Waals surface area (Å²) >= 11 is 0.